The number of Topliss-reactive ketones (excluding diaryl/α,β-unsaturated/α-hetero) is 2. The van der Waals surface area contributed by atoms with E-state index >= 15 is 0 Å². The highest BCUT2D eigenvalue weighted by atomic mass is 19.4. The first-order valence-electron chi connectivity index (χ1n) is 8.46. The zero-order valence-electron chi connectivity index (χ0n) is 14.7. The minimum atomic E-state index is -4.47. The van der Waals surface area contributed by atoms with Crippen molar-refractivity contribution in [2.24, 2.45) is 22.7 Å². The Bertz CT molecular complexity index is 782. The number of carbonyl (C=O) groups is 3. The Balaban J connectivity index is 1.83. The first-order chi connectivity index (χ1) is 11.9. The van der Waals surface area contributed by atoms with E-state index in [2.05, 4.69) is 5.32 Å². The van der Waals surface area contributed by atoms with Gasteiger partial charge in [-0.15, -0.1) is 0 Å². The van der Waals surface area contributed by atoms with Crippen molar-refractivity contribution in [3.63, 3.8) is 0 Å². The van der Waals surface area contributed by atoms with E-state index < -0.39 is 40.2 Å². The zero-order valence-corrected chi connectivity index (χ0v) is 14.7. The molecule has 2 aliphatic rings. The summed E-state index contributed by atoms with van der Waals surface area (Å²) >= 11 is 0. The number of rotatable bonds is 2. The minimum absolute atomic E-state index is 0.117. The molecule has 2 unspecified atom stereocenters. The Hall–Kier alpha value is -2.18. The molecule has 3 atom stereocenters. The van der Waals surface area contributed by atoms with Crippen molar-refractivity contribution >= 4 is 23.2 Å². The lowest BCUT2D eigenvalue weighted by atomic mass is 9.55. The summed E-state index contributed by atoms with van der Waals surface area (Å²) in [5.41, 5.74) is -1.99. The second kappa shape index (κ2) is 5.66. The second-order valence-electron chi connectivity index (χ2n) is 7.91. The van der Waals surface area contributed by atoms with Crippen LogP contribution in [0.5, 0.6) is 0 Å². The number of ketones is 2. The molecule has 1 aromatic rings. The molecule has 1 amide bonds. The highest BCUT2D eigenvalue weighted by Gasteiger charge is 2.66. The second-order valence-corrected chi connectivity index (χ2v) is 7.91. The van der Waals surface area contributed by atoms with Gasteiger partial charge in [-0.2, -0.15) is 13.2 Å². The molecule has 140 valence electrons. The van der Waals surface area contributed by atoms with E-state index in [1.807, 2.05) is 13.8 Å². The maximum absolute atomic E-state index is 12.9. The molecule has 2 aliphatic carbocycles. The van der Waals surface area contributed by atoms with Crippen LogP contribution in [0.1, 0.15) is 39.2 Å². The number of anilines is 1. The predicted molar refractivity (Wildman–Crippen MR) is 88.2 cm³/mol. The topological polar surface area (TPSA) is 63.2 Å². The van der Waals surface area contributed by atoms with Crippen molar-refractivity contribution in [1.82, 2.24) is 0 Å². The van der Waals surface area contributed by atoms with Crippen molar-refractivity contribution in [3.05, 3.63) is 29.8 Å². The van der Waals surface area contributed by atoms with Gasteiger partial charge in [-0.25, -0.2) is 0 Å². The van der Waals surface area contributed by atoms with Gasteiger partial charge in [0.25, 0.3) is 0 Å². The van der Waals surface area contributed by atoms with Gasteiger partial charge in [-0.1, -0.05) is 20.8 Å². The van der Waals surface area contributed by atoms with Gasteiger partial charge in [0.05, 0.1) is 5.56 Å². The van der Waals surface area contributed by atoms with E-state index in [1.165, 1.54) is 0 Å². The van der Waals surface area contributed by atoms with Gasteiger partial charge in [0.2, 0.25) is 5.91 Å². The van der Waals surface area contributed by atoms with Crippen molar-refractivity contribution in [2.75, 3.05) is 5.32 Å². The summed E-state index contributed by atoms with van der Waals surface area (Å²) in [5, 5.41) is 2.42. The largest absolute Gasteiger partial charge is 0.416 e. The van der Waals surface area contributed by atoms with Gasteiger partial charge < -0.3 is 5.32 Å². The third kappa shape index (κ3) is 2.56. The van der Waals surface area contributed by atoms with Gasteiger partial charge in [-0.05, 0) is 42.5 Å². The van der Waals surface area contributed by atoms with Gasteiger partial charge in [0.1, 0.15) is 0 Å². The molecule has 3 rings (SSSR count). The Morgan fingerprint density at radius 1 is 1.12 bits per heavy atom. The van der Waals surface area contributed by atoms with Crippen LogP contribution in [-0.4, -0.2) is 17.5 Å². The lowest BCUT2D eigenvalue weighted by Gasteiger charge is -2.46. The van der Waals surface area contributed by atoms with Crippen LogP contribution in [-0.2, 0) is 20.6 Å². The molecular formula is C19H20F3NO3. The molecule has 0 aliphatic heterocycles. The van der Waals surface area contributed by atoms with Crippen LogP contribution in [0.15, 0.2) is 24.3 Å². The number of amides is 1. The molecule has 4 nitrogen and oxygen atoms in total. The summed E-state index contributed by atoms with van der Waals surface area (Å²) in [6.07, 6.45) is -3.35. The number of alkyl halides is 3. The SMILES string of the molecule is CC1(C)C2CC[C@]1(C)C(=O)C(C(=O)Nc1ccc(C(F)(F)F)cc1)C2=O. The number of carbonyl (C=O) groups excluding carboxylic acids is 3. The fourth-order valence-corrected chi connectivity index (χ4v) is 4.29. The van der Waals surface area contributed by atoms with Gasteiger partial charge in [0.15, 0.2) is 17.5 Å². The van der Waals surface area contributed by atoms with E-state index in [0.717, 1.165) is 24.3 Å². The first kappa shape index (κ1) is 18.6. The maximum Gasteiger partial charge on any atom is 0.416 e. The minimum Gasteiger partial charge on any atom is -0.325 e. The van der Waals surface area contributed by atoms with E-state index in [9.17, 15) is 27.6 Å². The number of benzene rings is 1. The Morgan fingerprint density at radius 3 is 2.23 bits per heavy atom. The zero-order chi connectivity index (χ0) is 19.5. The lowest BCUT2D eigenvalue weighted by molar-refractivity contribution is -0.156. The highest BCUT2D eigenvalue weighted by Crippen LogP contribution is 2.61. The average Bonchev–Trinajstić information content (AvgIpc) is 2.71. The van der Waals surface area contributed by atoms with Gasteiger partial charge in [0, 0.05) is 17.0 Å². The number of nitrogens with one attached hydrogen (secondary N) is 1. The number of hydrogen-bond acceptors (Lipinski definition) is 3. The summed E-state index contributed by atoms with van der Waals surface area (Å²) in [4.78, 5) is 38.2. The Morgan fingerprint density at radius 2 is 1.69 bits per heavy atom. The number of halogens is 3. The normalized spacial score (nSPS) is 30.4. The molecule has 0 aromatic heterocycles. The Kier molecular flexibility index (Phi) is 4.05. The molecule has 0 heterocycles. The van der Waals surface area contributed by atoms with E-state index in [4.69, 9.17) is 0 Å². The third-order valence-electron chi connectivity index (χ3n) is 6.40. The van der Waals surface area contributed by atoms with Crippen LogP contribution in [0.25, 0.3) is 0 Å². The molecule has 0 radical (unpaired) electrons. The highest BCUT2D eigenvalue weighted by molar-refractivity contribution is 6.25. The molecule has 0 spiro atoms. The van der Waals surface area contributed by atoms with Crippen LogP contribution in [0, 0.1) is 22.7 Å². The third-order valence-corrected chi connectivity index (χ3v) is 6.40. The fourth-order valence-electron chi connectivity index (χ4n) is 4.29. The molecule has 7 heteroatoms. The molecule has 26 heavy (non-hydrogen) atoms. The van der Waals surface area contributed by atoms with E-state index in [-0.39, 0.29) is 17.4 Å². The molecule has 1 N–H and O–H groups in total. The van der Waals surface area contributed by atoms with E-state index in [0.29, 0.717) is 12.8 Å². The molecule has 2 bridgehead atoms. The van der Waals surface area contributed by atoms with Gasteiger partial charge in [-0.3, -0.25) is 14.4 Å². The number of hydrogen-bond donors (Lipinski definition) is 1. The number of fused-ring (bicyclic) bond motifs is 2. The summed E-state index contributed by atoms with van der Waals surface area (Å²) < 4.78 is 37.8. The van der Waals surface area contributed by atoms with Crippen LogP contribution in [0.4, 0.5) is 18.9 Å². The quantitative estimate of drug-likeness (QED) is 0.808. The fraction of sp³-hybridized carbons (Fsp3) is 0.526. The monoisotopic (exact) mass is 367 g/mol. The average molecular weight is 367 g/mol. The molecule has 2 fully saturated rings. The summed E-state index contributed by atoms with van der Waals surface area (Å²) in [5.74, 6) is -3.32. The standard InChI is InChI=1S/C19H20F3NO3/c1-17(2)12-8-9-18(17,3)15(25)13(14(12)24)16(26)23-11-6-4-10(5-7-11)19(20,21)22/h4-7,12-13H,8-9H2,1-3H3,(H,23,26)/t12?,13?,18-/m1/s1. The van der Waals surface area contributed by atoms with Crippen molar-refractivity contribution in [1.29, 1.82) is 0 Å². The van der Waals surface area contributed by atoms with Crippen LogP contribution in [0.3, 0.4) is 0 Å². The first-order valence-corrected chi connectivity index (χ1v) is 8.46. The summed E-state index contributed by atoms with van der Waals surface area (Å²) in [7, 11) is 0. The summed E-state index contributed by atoms with van der Waals surface area (Å²) in [6.45, 7) is 5.55. The Labute approximate surface area is 149 Å². The molecular weight excluding hydrogens is 347 g/mol. The maximum atomic E-state index is 12.9. The van der Waals surface area contributed by atoms with Crippen LogP contribution in [0.2, 0.25) is 0 Å². The van der Waals surface area contributed by atoms with Gasteiger partial charge >= 0.3 is 6.18 Å². The van der Waals surface area contributed by atoms with Crippen molar-refractivity contribution in [3.8, 4) is 0 Å². The van der Waals surface area contributed by atoms with Crippen molar-refractivity contribution < 1.29 is 27.6 Å². The van der Waals surface area contributed by atoms with Crippen LogP contribution < -0.4 is 5.32 Å². The van der Waals surface area contributed by atoms with E-state index in [1.54, 1.807) is 6.92 Å². The molecule has 1 aromatic carbocycles. The van der Waals surface area contributed by atoms with Crippen LogP contribution >= 0.6 is 0 Å². The molecule has 2 saturated carbocycles. The predicted octanol–water partition coefficient (Wildman–Crippen LogP) is 3.85. The van der Waals surface area contributed by atoms with Crippen molar-refractivity contribution in [2.45, 2.75) is 39.8 Å². The molecule has 0 saturated heterocycles. The lowest BCUT2D eigenvalue weighted by Crippen LogP contribution is -2.56. The summed E-state index contributed by atoms with van der Waals surface area (Å²) in [6, 6.07) is 3.90. The smallest absolute Gasteiger partial charge is 0.325 e.